The molecule has 198 valence electrons. The Kier molecular flexibility index (Phi) is 6.87. The van der Waals surface area contributed by atoms with Crippen molar-refractivity contribution in [3.63, 3.8) is 0 Å². The van der Waals surface area contributed by atoms with Crippen LogP contribution in [0.4, 0.5) is 15.3 Å². The largest absolute Gasteiger partial charge is 0.446 e. The fourth-order valence-corrected chi connectivity index (χ4v) is 5.48. The molecule has 37 heavy (non-hydrogen) atoms. The van der Waals surface area contributed by atoms with Crippen molar-refractivity contribution in [2.75, 3.05) is 24.5 Å². The summed E-state index contributed by atoms with van der Waals surface area (Å²) >= 11 is 7.10. The number of ether oxygens (including phenoxy) is 2. The zero-order valence-electron chi connectivity index (χ0n) is 21.3. The molecular weight excluding hydrogens is 514 g/mol. The van der Waals surface area contributed by atoms with Crippen molar-refractivity contribution in [3.05, 3.63) is 51.2 Å². The third-order valence-corrected chi connectivity index (χ3v) is 8.32. The van der Waals surface area contributed by atoms with Crippen LogP contribution in [0.25, 0.3) is 0 Å². The van der Waals surface area contributed by atoms with Crippen LogP contribution >= 0.6 is 22.9 Å². The van der Waals surface area contributed by atoms with E-state index in [0.29, 0.717) is 22.3 Å². The van der Waals surface area contributed by atoms with Crippen LogP contribution in [0.5, 0.6) is 0 Å². The van der Waals surface area contributed by atoms with Crippen molar-refractivity contribution in [3.8, 4) is 0 Å². The highest BCUT2D eigenvalue weighted by atomic mass is 35.5. The lowest BCUT2D eigenvalue weighted by Gasteiger charge is -2.37. The molecule has 0 bridgehead atoms. The monoisotopic (exact) mass is 545 g/mol. The summed E-state index contributed by atoms with van der Waals surface area (Å²) < 4.78 is 11.6. The van der Waals surface area contributed by atoms with E-state index < -0.39 is 12.2 Å². The summed E-state index contributed by atoms with van der Waals surface area (Å²) in [6.07, 6.45) is 2.85. The van der Waals surface area contributed by atoms with E-state index in [1.807, 2.05) is 49.9 Å². The second kappa shape index (κ2) is 9.83. The lowest BCUT2D eigenvalue weighted by Crippen LogP contribution is -2.49. The molecule has 2 aliphatic carbocycles. The standard InChI is InChI=1S/C27H32ClN3O5S/c1-26(2,3)31(25(34)35-19-8-9-19)16-27(12-13-27)17-4-6-18(7-5-17)30-15-20(36-24(30)33)14-29-23(32)21-10-11-22(28)37-21/h4-7,10-11,19-20H,8-9,12-16H2,1-3H3,(H,29,32). The van der Waals surface area contributed by atoms with Gasteiger partial charge >= 0.3 is 12.2 Å². The molecule has 1 aliphatic heterocycles. The first kappa shape index (κ1) is 25.9. The number of carbonyl (C=O) groups is 3. The molecule has 2 aromatic rings. The average molecular weight is 546 g/mol. The summed E-state index contributed by atoms with van der Waals surface area (Å²) in [6.45, 7) is 7.27. The Balaban J connectivity index is 1.20. The van der Waals surface area contributed by atoms with Crippen LogP contribution in [0, 0.1) is 0 Å². The number of halogens is 1. The van der Waals surface area contributed by atoms with Crippen LogP contribution in [0.15, 0.2) is 36.4 Å². The van der Waals surface area contributed by atoms with E-state index in [1.165, 1.54) is 11.3 Å². The van der Waals surface area contributed by atoms with Gasteiger partial charge in [0.25, 0.3) is 5.91 Å². The quantitative estimate of drug-likeness (QED) is 0.467. The molecule has 1 unspecified atom stereocenters. The van der Waals surface area contributed by atoms with E-state index in [-0.39, 0.29) is 35.6 Å². The van der Waals surface area contributed by atoms with E-state index in [9.17, 15) is 14.4 Å². The highest BCUT2D eigenvalue weighted by Crippen LogP contribution is 2.50. The summed E-state index contributed by atoms with van der Waals surface area (Å²) in [6, 6.07) is 11.3. The molecule has 1 N–H and O–H groups in total. The Morgan fingerprint density at radius 2 is 1.89 bits per heavy atom. The smallest absolute Gasteiger partial charge is 0.414 e. The fraction of sp³-hybridized carbons (Fsp3) is 0.519. The molecule has 8 nitrogen and oxygen atoms in total. The van der Waals surface area contributed by atoms with Gasteiger partial charge in [0, 0.05) is 23.2 Å². The lowest BCUT2D eigenvalue weighted by atomic mass is 9.93. The SMILES string of the molecule is CC(C)(C)N(CC1(c2ccc(N3CC(CNC(=O)c4ccc(Cl)s4)OC3=O)cc2)CC1)C(=O)OC1CC1. The number of carbonyl (C=O) groups excluding carboxylic acids is 3. The van der Waals surface area contributed by atoms with Gasteiger partial charge in [-0.2, -0.15) is 0 Å². The number of nitrogens with zero attached hydrogens (tertiary/aromatic N) is 2. The number of amides is 3. The molecule has 5 rings (SSSR count). The Labute approximate surface area is 225 Å². The minimum atomic E-state index is -0.445. The maximum Gasteiger partial charge on any atom is 0.414 e. The van der Waals surface area contributed by atoms with Crippen molar-refractivity contribution in [1.29, 1.82) is 0 Å². The number of hydrogen-bond acceptors (Lipinski definition) is 6. The third kappa shape index (κ3) is 5.88. The van der Waals surface area contributed by atoms with Crippen molar-refractivity contribution >= 4 is 46.7 Å². The van der Waals surface area contributed by atoms with Crippen LogP contribution < -0.4 is 10.2 Å². The van der Waals surface area contributed by atoms with Gasteiger partial charge in [0.1, 0.15) is 12.2 Å². The maximum atomic E-state index is 12.9. The Morgan fingerprint density at radius 3 is 2.46 bits per heavy atom. The van der Waals surface area contributed by atoms with Crippen LogP contribution in [0.2, 0.25) is 4.34 Å². The fourth-order valence-electron chi connectivity index (χ4n) is 4.52. The second-order valence-corrected chi connectivity index (χ2v) is 12.8. The first-order valence-corrected chi connectivity index (χ1v) is 13.8. The maximum absolute atomic E-state index is 12.9. The van der Waals surface area contributed by atoms with Crippen LogP contribution in [0.1, 0.15) is 61.7 Å². The van der Waals surface area contributed by atoms with E-state index in [0.717, 1.165) is 36.9 Å². The molecule has 1 saturated heterocycles. The van der Waals surface area contributed by atoms with E-state index >= 15 is 0 Å². The summed E-state index contributed by atoms with van der Waals surface area (Å²) in [5.74, 6) is -0.240. The van der Waals surface area contributed by atoms with Gasteiger partial charge in [-0.1, -0.05) is 23.7 Å². The first-order chi connectivity index (χ1) is 17.5. The van der Waals surface area contributed by atoms with Gasteiger partial charge in [-0.05, 0) is 76.3 Å². The molecule has 2 heterocycles. The molecule has 0 radical (unpaired) electrons. The molecule has 3 aliphatic rings. The van der Waals surface area contributed by atoms with Gasteiger partial charge in [0.15, 0.2) is 0 Å². The van der Waals surface area contributed by atoms with Gasteiger partial charge in [-0.25, -0.2) is 9.59 Å². The van der Waals surface area contributed by atoms with Crippen LogP contribution in [-0.2, 0) is 14.9 Å². The number of anilines is 1. The highest BCUT2D eigenvalue weighted by Gasteiger charge is 2.49. The Morgan fingerprint density at radius 1 is 1.19 bits per heavy atom. The van der Waals surface area contributed by atoms with E-state index in [4.69, 9.17) is 21.1 Å². The molecule has 1 aromatic heterocycles. The van der Waals surface area contributed by atoms with Crippen molar-refractivity contribution in [1.82, 2.24) is 10.2 Å². The Hall–Kier alpha value is -2.78. The number of thiophene rings is 1. The second-order valence-electron chi connectivity index (χ2n) is 11.1. The minimum Gasteiger partial charge on any atom is -0.446 e. The first-order valence-electron chi connectivity index (χ1n) is 12.6. The van der Waals surface area contributed by atoms with Gasteiger partial charge < -0.3 is 19.7 Å². The molecule has 10 heteroatoms. The average Bonchev–Trinajstić information content (AvgIpc) is 3.75. The topological polar surface area (TPSA) is 88.2 Å². The molecule has 1 atom stereocenters. The van der Waals surface area contributed by atoms with E-state index in [1.54, 1.807) is 17.0 Å². The summed E-state index contributed by atoms with van der Waals surface area (Å²) in [4.78, 5) is 41.6. The third-order valence-electron chi connectivity index (χ3n) is 7.09. The van der Waals surface area contributed by atoms with Gasteiger partial charge in [0.2, 0.25) is 0 Å². The molecule has 3 fully saturated rings. The zero-order chi connectivity index (χ0) is 26.4. The van der Waals surface area contributed by atoms with Crippen LogP contribution in [-0.4, -0.2) is 60.4 Å². The highest BCUT2D eigenvalue weighted by molar-refractivity contribution is 7.18. The molecular formula is C27H32ClN3O5S. The number of hydrogen-bond donors (Lipinski definition) is 1. The van der Waals surface area contributed by atoms with Crippen molar-refractivity contribution < 1.29 is 23.9 Å². The molecule has 0 spiro atoms. The zero-order valence-corrected chi connectivity index (χ0v) is 22.9. The summed E-state index contributed by atoms with van der Waals surface area (Å²) in [5, 5.41) is 2.81. The van der Waals surface area contributed by atoms with Crippen molar-refractivity contribution in [2.45, 2.75) is 69.6 Å². The van der Waals surface area contributed by atoms with Gasteiger partial charge in [-0.15, -0.1) is 11.3 Å². The van der Waals surface area contributed by atoms with E-state index in [2.05, 4.69) is 5.32 Å². The molecule has 2 saturated carbocycles. The van der Waals surface area contributed by atoms with Gasteiger partial charge in [-0.3, -0.25) is 9.69 Å². The normalized spacial score (nSPS) is 20.4. The lowest BCUT2D eigenvalue weighted by molar-refractivity contribution is 0.0576. The van der Waals surface area contributed by atoms with Crippen molar-refractivity contribution in [2.24, 2.45) is 0 Å². The predicted molar refractivity (Wildman–Crippen MR) is 143 cm³/mol. The Bertz CT molecular complexity index is 1180. The number of cyclic esters (lactones) is 1. The number of rotatable bonds is 8. The summed E-state index contributed by atoms with van der Waals surface area (Å²) in [7, 11) is 0. The van der Waals surface area contributed by atoms with Crippen LogP contribution in [0.3, 0.4) is 0 Å². The predicted octanol–water partition coefficient (Wildman–Crippen LogP) is 5.59. The number of benzene rings is 1. The molecule has 1 aromatic carbocycles. The number of nitrogens with one attached hydrogen (secondary N) is 1. The molecule has 3 amide bonds. The van der Waals surface area contributed by atoms with Gasteiger partial charge in [0.05, 0.1) is 22.3 Å². The summed E-state index contributed by atoms with van der Waals surface area (Å²) in [5.41, 5.74) is 1.44. The minimum absolute atomic E-state index is 0.0679.